The Morgan fingerprint density at radius 3 is 2.43 bits per heavy atom. The van der Waals surface area contributed by atoms with Crippen LogP contribution in [0.4, 0.5) is 11.4 Å². The number of amides is 2. The van der Waals surface area contributed by atoms with Crippen LogP contribution >= 0.6 is 0 Å². The smallest absolute Gasteiger partial charge is 0.226 e. The normalized spacial score (nSPS) is 13.8. The summed E-state index contributed by atoms with van der Waals surface area (Å²) in [5.41, 5.74) is 2.69. The van der Waals surface area contributed by atoms with Crippen molar-refractivity contribution in [3.63, 3.8) is 0 Å². The van der Waals surface area contributed by atoms with E-state index in [1.807, 2.05) is 75.0 Å². The van der Waals surface area contributed by atoms with Crippen molar-refractivity contribution in [2.75, 3.05) is 24.3 Å². The maximum absolute atomic E-state index is 12.9. The number of benzene rings is 1. The molecule has 1 aliphatic carbocycles. The summed E-state index contributed by atoms with van der Waals surface area (Å²) in [7, 11) is 3.96. The van der Waals surface area contributed by atoms with Crippen LogP contribution in [0.1, 0.15) is 51.4 Å². The minimum Gasteiger partial charge on any atom is -0.467 e. The van der Waals surface area contributed by atoms with E-state index in [1.54, 1.807) is 6.26 Å². The molecule has 1 fully saturated rings. The van der Waals surface area contributed by atoms with Gasteiger partial charge in [-0.2, -0.15) is 0 Å². The number of carbonyl (C=O) groups is 2. The largest absolute Gasteiger partial charge is 0.467 e. The fourth-order valence-electron chi connectivity index (χ4n) is 3.51. The number of hydrogen-bond acceptors (Lipinski definition) is 4. The van der Waals surface area contributed by atoms with Crippen LogP contribution in [-0.4, -0.2) is 30.8 Å². The minimum absolute atomic E-state index is 0.00690. The van der Waals surface area contributed by atoms with Crippen LogP contribution in [-0.2, 0) is 22.7 Å². The molecule has 0 atom stereocenters. The van der Waals surface area contributed by atoms with E-state index in [2.05, 4.69) is 5.32 Å². The summed E-state index contributed by atoms with van der Waals surface area (Å²) in [6, 6.07) is 9.62. The number of anilines is 2. The van der Waals surface area contributed by atoms with Crippen LogP contribution in [0.2, 0.25) is 0 Å². The number of nitrogens with one attached hydrogen (secondary N) is 1. The van der Waals surface area contributed by atoms with Crippen molar-refractivity contribution in [3.05, 3.63) is 47.9 Å². The Balaban J connectivity index is 1.83. The average molecular weight is 412 g/mol. The second-order valence-corrected chi connectivity index (χ2v) is 9.57. The first-order chi connectivity index (χ1) is 14.1. The van der Waals surface area contributed by atoms with Gasteiger partial charge in [-0.15, -0.1) is 0 Å². The summed E-state index contributed by atoms with van der Waals surface area (Å²) in [6.07, 6.45) is 3.99. The zero-order chi connectivity index (χ0) is 21.9. The van der Waals surface area contributed by atoms with Gasteiger partial charge in [-0.3, -0.25) is 9.59 Å². The van der Waals surface area contributed by atoms with Gasteiger partial charge in [-0.05, 0) is 54.2 Å². The van der Waals surface area contributed by atoms with Gasteiger partial charge in [0.2, 0.25) is 11.8 Å². The molecular weight excluding hydrogens is 378 g/mol. The first kappa shape index (κ1) is 21.9. The third-order valence-corrected chi connectivity index (χ3v) is 5.06. The molecule has 3 rings (SSSR count). The third-order valence-electron chi connectivity index (χ3n) is 5.06. The fraction of sp³-hybridized carbons (Fsp3) is 0.500. The highest BCUT2D eigenvalue weighted by molar-refractivity contribution is 5.91. The molecule has 0 bridgehead atoms. The van der Waals surface area contributed by atoms with E-state index in [1.165, 1.54) is 0 Å². The summed E-state index contributed by atoms with van der Waals surface area (Å²) < 4.78 is 5.49. The molecule has 0 saturated heterocycles. The van der Waals surface area contributed by atoms with E-state index in [4.69, 9.17) is 4.42 Å². The van der Waals surface area contributed by atoms with E-state index in [9.17, 15) is 9.59 Å². The maximum atomic E-state index is 12.9. The molecule has 1 N–H and O–H groups in total. The second kappa shape index (κ2) is 8.94. The highest BCUT2D eigenvalue weighted by Crippen LogP contribution is 2.33. The molecule has 2 amide bonds. The standard InChI is InChI=1S/C24H33N3O3/c1-24(2,3)14-22(28)25-19-10-11-21(26(4)5)18(13-19)15-27(23(29)17-8-9-17)16-20-7-6-12-30-20/h6-7,10-13,17H,8-9,14-16H2,1-5H3,(H,25,28). The molecule has 1 aromatic carbocycles. The van der Waals surface area contributed by atoms with Crippen molar-refractivity contribution in [1.29, 1.82) is 0 Å². The van der Waals surface area contributed by atoms with Crippen LogP contribution in [0.3, 0.4) is 0 Å². The number of nitrogens with zero attached hydrogens (tertiary/aromatic N) is 2. The van der Waals surface area contributed by atoms with Crippen LogP contribution in [0.15, 0.2) is 41.0 Å². The lowest BCUT2D eigenvalue weighted by Crippen LogP contribution is -2.32. The molecule has 162 valence electrons. The van der Waals surface area contributed by atoms with Gasteiger partial charge in [0.25, 0.3) is 0 Å². The molecule has 1 aromatic heterocycles. The van der Waals surface area contributed by atoms with Crippen LogP contribution in [0.5, 0.6) is 0 Å². The van der Waals surface area contributed by atoms with E-state index >= 15 is 0 Å². The molecule has 0 aliphatic heterocycles. The SMILES string of the molecule is CN(C)c1ccc(NC(=O)CC(C)(C)C)cc1CN(Cc1ccco1)C(=O)C1CC1. The molecule has 30 heavy (non-hydrogen) atoms. The van der Waals surface area contributed by atoms with Gasteiger partial charge in [0.05, 0.1) is 12.8 Å². The molecule has 0 spiro atoms. The van der Waals surface area contributed by atoms with Gasteiger partial charge in [0.1, 0.15) is 5.76 Å². The maximum Gasteiger partial charge on any atom is 0.226 e. The Labute approximate surface area is 179 Å². The quantitative estimate of drug-likeness (QED) is 0.686. The Morgan fingerprint density at radius 2 is 1.87 bits per heavy atom. The van der Waals surface area contributed by atoms with E-state index < -0.39 is 0 Å². The van der Waals surface area contributed by atoms with E-state index in [0.29, 0.717) is 19.5 Å². The summed E-state index contributed by atoms with van der Waals surface area (Å²) in [5, 5.41) is 3.01. The van der Waals surface area contributed by atoms with Gasteiger partial charge in [-0.1, -0.05) is 20.8 Å². The Hall–Kier alpha value is -2.76. The van der Waals surface area contributed by atoms with E-state index in [0.717, 1.165) is 35.5 Å². The van der Waals surface area contributed by atoms with Gasteiger partial charge in [-0.25, -0.2) is 0 Å². The summed E-state index contributed by atoms with van der Waals surface area (Å²) >= 11 is 0. The van der Waals surface area contributed by atoms with Gasteiger partial charge in [0, 0.05) is 44.4 Å². The monoisotopic (exact) mass is 411 g/mol. The van der Waals surface area contributed by atoms with Crippen molar-refractivity contribution >= 4 is 23.2 Å². The van der Waals surface area contributed by atoms with Gasteiger partial charge < -0.3 is 19.5 Å². The second-order valence-electron chi connectivity index (χ2n) is 9.57. The van der Waals surface area contributed by atoms with Crippen LogP contribution < -0.4 is 10.2 Å². The minimum atomic E-state index is -0.0764. The summed E-state index contributed by atoms with van der Waals surface area (Å²) in [5.74, 6) is 1.05. The van der Waals surface area contributed by atoms with Crippen molar-refractivity contribution in [3.8, 4) is 0 Å². The number of hydrogen-bond donors (Lipinski definition) is 1. The molecule has 6 nitrogen and oxygen atoms in total. The Kier molecular flexibility index (Phi) is 6.54. The number of rotatable bonds is 8. The topological polar surface area (TPSA) is 65.8 Å². The van der Waals surface area contributed by atoms with Crippen LogP contribution in [0, 0.1) is 11.3 Å². The molecule has 0 unspecified atom stereocenters. The molecule has 1 saturated carbocycles. The molecule has 0 radical (unpaired) electrons. The highest BCUT2D eigenvalue weighted by atomic mass is 16.3. The first-order valence-corrected chi connectivity index (χ1v) is 10.5. The van der Waals surface area contributed by atoms with Crippen molar-refractivity contribution in [2.24, 2.45) is 11.3 Å². The third kappa shape index (κ3) is 6.12. The molecule has 1 heterocycles. The van der Waals surface area contributed by atoms with Crippen molar-refractivity contribution in [2.45, 2.75) is 53.1 Å². The lowest BCUT2D eigenvalue weighted by Gasteiger charge is -2.26. The summed E-state index contributed by atoms with van der Waals surface area (Å²) in [6.45, 7) is 7.04. The summed E-state index contributed by atoms with van der Waals surface area (Å²) in [4.78, 5) is 29.2. The Bertz CT molecular complexity index is 878. The Morgan fingerprint density at radius 1 is 1.13 bits per heavy atom. The lowest BCUT2D eigenvalue weighted by atomic mass is 9.92. The molecular formula is C24H33N3O3. The fourth-order valence-corrected chi connectivity index (χ4v) is 3.51. The first-order valence-electron chi connectivity index (χ1n) is 10.5. The van der Waals surface area contributed by atoms with E-state index in [-0.39, 0.29) is 23.1 Å². The zero-order valence-electron chi connectivity index (χ0n) is 18.7. The van der Waals surface area contributed by atoms with Gasteiger partial charge in [0.15, 0.2) is 0 Å². The zero-order valence-corrected chi connectivity index (χ0v) is 18.7. The lowest BCUT2D eigenvalue weighted by molar-refractivity contribution is -0.134. The predicted octanol–water partition coefficient (Wildman–Crippen LogP) is 4.66. The predicted molar refractivity (Wildman–Crippen MR) is 119 cm³/mol. The number of furan rings is 1. The average Bonchev–Trinajstić information content (AvgIpc) is 3.36. The van der Waals surface area contributed by atoms with Crippen LogP contribution in [0.25, 0.3) is 0 Å². The molecule has 1 aliphatic rings. The van der Waals surface area contributed by atoms with Gasteiger partial charge >= 0.3 is 0 Å². The molecule has 2 aromatic rings. The molecule has 6 heteroatoms. The highest BCUT2D eigenvalue weighted by Gasteiger charge is 2.34. The van der Waals surface area contributed by atoms with Crippen molar-refractivity contribution in [1.82, 2.24) is 4.90 Å². The van der Waals surface area contributed by atoms with Crippen molar-refractivity contribution < 1.29 is 14.0 Å². The number of carbonyl (C=O) groups excluding carboxylic acids is 2.